The van der Waals surface area contributed by atoms with E-state index in [9.17, 15) is 0 Å². The summed E-state index contributed by atoms with van der Waals surface area (Å²) < 4.78 is 0. The second-order valence-electron chi connectivity index (χ2n) is 3.10. The van der Waals surface area contributed by atoms with Crippen LogP contribution in [-0.4, -0.2) is 4.98 Å². The van der Waals surface area contributed by atoms with E-state index in [1.165, 1.54) is 16.7 Å². The number of pyridine rings is 1. The van der Waals surface area contributed by atoms with E-state index in [1.54, 1.807) is 0 Å². The summed E-state index contributed by atoms with van der Waals surface area (Å²) in [6.45, 7) is 10.1. The maximum absolute atomic E-state index is 3.99. The molecule has 1 aromatic carbocycles. The monoisotopic (exact) mass is 229 g/mol. The van der Waals surface area contributed by atoms with Crippen molar-refractivity contribution in [3.05, 3.63) is 54.4 Å². The third kappa shape index (κ3) is 5.30. The van der Waals surface area contributed by atoms with Gasteiger partial charge in [0.15, 0.2) is 0 Å². The van der Waals surface area contributed by atoms with Gasteiger partial charge in [0, 0.05) is 12.4 Å². The van der Waals surface area contributed by atoms with E-state index in [0.29, 0.717) is 0 Å². The Morgan fingerprint density at radius 2 is 1.06 bits per heavy atom. The molecular weight excluding hydrogens is 206 g/mol. The van der Waals surface area contributed by atoms with Crippen molar-refractivity contribution in [3.63, 3.8) is 0 Å². The molecule has 0 N–H and O–H groups in total. The number of aryl methyl sites for hydroxylation is 1. The molecular formula is C16H23N. The summed E-state index contributed by atoms with van der Waals surface area (Å²) in [7, 11) is 0. The quantitative estimate of drug-likeness (QED) is 0.662. The van der Waals surface area contributed by atoms with Crippen LogP contribution < -0.4 is 0 Å². The van der Waals surface area contributed by atoms with Crippen molar-refractivity contribution in [1.82, 2.24) is 4.98 Å². The smallest absolute Gasteiger partial charge is 0.0273 e. The van der Waals surface area contributed by atoms with Crippen LogP contribution in [0.1, 0.15) is 33.3 Å². The Morgan fingerprint density at radius 3 is 1.53 bits per heavy atom. The Balaban J connectivity index is 0.000000581. The fourth-order valence-corrected chi connectivity index (χ4v) is 1.29. The fourth-order valence-electron chi connectivity index (χ4n) is 1.29. The zero-order chi connectivity index (χ0) is 13.1. The topological polar surface area (TPSA) is 12.9 Å². The molecule has 0 saturated carbocycles. The van der Waals surface area contributed by atoms with Gasteiger partial charge in [-0.2, -0.15) is 0 Å². The molecule has 0 aliphatic rings. The normalized spacial score (nSPS) is 8.29. The molecule has 2 aromatic rings. The molecule has 1 nitrogen and oxygen atoms in total. The molecule has 0 amide bonds. The zero-order valence-electron chi connectivity index (χ0n) is 11.6. The Hall–Kier alpha value is -1.63. The number of aromatic nitrogens is 1. The summed E-state index contributed by atoms with van der Waals surface area (Å²) in [6, 6.07) is 12.5. The number of rotatable bonds is 1. The molecule has 0 spiro atoms. The van der Waals surface area contributed by atoms with Gasteiger partial charge in [-0.15, -0.1) is 0 Å². The van der Waals surface area contributed by atoms with Crippen LogP contribution in [0.5, 0.6) is 0 Å². The van der Waals surface area contributed by atoms with Crippen molar-refractivity contribution in [2.75, 3.05) is 0 Å². The Kier molecular flexibility index (Phi) is 8.67. The van der Waals surface area contributed by atoms with Crippen molar-refractivity contribution >= 4 is 0 Å². The molecule has 0 bridgehead atoms. The van der Waals surface area contributed by atoms with Crippen LogP contribution >= 0.6 is 0 Å². The summed E-state index contributed by atoms with van der Waals surface area (Å²) in [5, 5.41) is 0. The molecule has 0 saturated heterocycles. The lowest BCUT2D eigenvalue weighted by atomic mass is 10.1. The first-order valence-electron chi connectivity index (χ1n) is 6.33. The largest absolute Gasteiger partial charge is 0.265 e. The molecule has 2 rings (SSSR count). The number of benzene rings is 1. The van der Waals surface area contributed by atoms with Gasteiger partial charge >= 0.3 is 0 Å². The van der Waals surface area contributed by atoms with E-state index in [4.69, 9.17) is 0 Å². The highest BCUT2D eigenvalue weighted by molar-refractivity contribution is 5.62. The maximum Gasteiger partial charge on any atom is 0.0273 e. The molecule has 1 heteroatoms. The van der Waals surface area contributed by atoms with Gasteiger partial charge in [0.25, 0.3) is 0 Å². The highest BCUT2D eigenvalue weighted by atomic mass is 14.6. The van der Waals surface area contributed by atoms with Gasteiger partial charge in [-0.3, -0.25) is 4.98 Å². The molecule has 0 aliphatic carbocycles. The lowest BCUT2D eigenvalue weighted by Gasteiger charge is -2.00. The molecule has 0 atom stereocenters. The molecule has 1 heterocycles. The fraction of sp³-hybridized carbons (Fsp3) is 0.312. The predicted octanol–water partition coefficient (Wildman–Crippen LogP) is 5.11. The van der Waals surface area contributed by atoms with Gasteiger partial charge in [-0.1, -0.05) is 57.5 Å². The predicted molar refractivity (Wildman–Crippen MR) is 77.1 cm³/mol. The SMILES string of the molecule is CC.CC.Cc1ccc(-c2ccncc2)cc1. The van der Waals surface area contributed by atoms with E-state index in [1.807, 2.05) is 52.2 Å². The third-order valence-electron chi connectivity index (χ3n) is 2.07. The summed E-state index contributed by atoms with van der Waals surface area (Å²) >= 11 is 0. The standard InChI is InChI=1S/C12H11N.2C2H6/c1-10-2-4-11(5-3-10)12-6-8-13-9-7-12;2*1-2/h2-9H,1H3;2*1-2H3. The van der Waals surface area contributed by atoms with Gasteiger partial charge < -0.3 is 0 Å². The van der Waals surface area contributed by atoms with Crippen LogP contribution in [0.2, 0.25) is 0 Å². The molecule has 1 aromatic heterocycles. The molecule has 0 aliphatic heterocycles. The van der Waals surface area contributed by atoms with Crippen molar-refractivity contribution < 1.29 is 0 Å². The number of hydrogen-bond donors (Lipinski definition) is 0. The zero-order valence-corrected chi connectivity index (χ0v) is 11.6. The van der Waals surface area contributed by atoms with E-state index in [-0.39, 0.29) is 0 Å². The second-order valence-corrected chi connectivity index (χ2v) is 3.10. The lowest BCUT2D eigenvalue weighted by molar-refractivity contribution is 1.33. The average molecular weight is 229 g/mol. The van der Waals surface area contributed by atoms with Crippen LogP contribution in [0.25, 0.3) is 11.1 Å². The Morgan fingerprint density at radius 1 is 0.647 bits per heavy atom. The summed E-state index contributed by atoms with van der Waals surface area (Å²) in [5.74, 6) is 0. The summed E-state index contributed by atoms with van der Waals surface area (Å²) in [5.41, 5.74) is 3.75. The molecule has 17 heavy (non-hydrogen) atoms. The highest BCUT2D eigenvalue weighted by Gasteiger charge is 1.94. The van der Waals surface area contributed by atoms with Gasteiger partial charge in [-0.05, 0) is 30.2 Å². The van der Waals surface area contributed by atoms with Gasteiger partial charge in [0.1, 0.15) is 0 Å². The lowest BCUT2D eigenvalue weighted by Crippen LogP contribution is -1.78. The van der Waals surface area contributed by atoms with Gasteiger partial charge in [0.2, 0.25) is 0 Å². The van der Waals surface area contributed by atoms with Gasteiger partial charge in [0.05, 0.1) is 0 Å². The van der Waals surface area contributed by atoms with E-state index >= 15 is 0 Å². The highest BCUT2D eigenvalue weighted by Crippen LogP contribution is 2.17. The Labute approximate surface area is 106 Å². The molecule has 0 unspecified atom stereocenters. The Bertz CT molecular complexity index is 376. The van der Waals surface area contributed by atoms with Crippen molar-refractivity contribution in [1.29, 1.82) is 0 Å². The van der Waals surface area contributed by atoms with Gasteiger partial charge in [-0.25, -0.2) is 0 Å². The maximum atomic E-state index is 3.99. The van der Waals surface area contributed by atoms with Crippen LogP contribution in [-0.2, 0) is 0 Å². The van der Waals surface area contributed by atoms with Crippen LogP contribution in [0, 0.1) is 6.92 Å². The van der Waals surface area contributed by atoms with Crippen molar-refractivity contribution in [2.45, 2.75) is 34.6 Å². The summed E-state index contributed by atoms with van der Waals surface area (Å²) in [6.07, 6.45) is 3.63. The van der Waals surface area contributed by atoms with E-state index in [2.05, 4.69) is 36.2 Å². The summed E-state index contributed by atoms with van der Waals surface area (Å²) in [4.78, 5) is 3.99. The van der Waals surface area contributed by atoms with E-state index < -0.39 is 0 Å². The first kappa shape index (κ1) is 15.4. The first-order valence-corrected chi connectivity index (χ1v) is 6.33. The molecule has 0 radical (unpaired) electrons. The van der Waals surface area contributed by atoms with Crippen molar-refractivity contribution in [3.8, 4) is 11.1 Å². The van der Waals surface area contributed by atoms with Crippen molar-refractivity contribution in [2.24, 2.45) is 0 Å². The van der Waals surface area contributed by atoms with Crippen LogP contribution in [0.4, 0.5) is 0 Å². The van der Waals surface area contributed by atoms with E-state index in [0.717, 1.165) is 0 Å². The number of nitrogens with zero attached hydrogens (tertiary/aromatic N) is 1. The first-order chi connectivity index (χ1) is 8.36. The average Bonchev–Trinajstić information content (AvgIpc) is 2.45. The van der Waals surface area contributed by atoms with Crippen LogP contribution in [0.15, 0.2) is 48.8 Å². The molecule has 0 fully saturated rings. The second kappa shape index (κ2) is 9.59. The minimum absolute atomic E-state index is 1.22. The minimum atomic E-state index is 1.22. The minimum Gasteiger partial charge on any atom is -0.265 e. The third-order valence-corrected chi connectivity index (χ3v) is 2.07. The van der Waals surface area contributed by atoms with Crippen LogP contribution in [0.3, 0.4) is 0 Å². The molecule has 92 valence electrons. The number of hydrogen-bond acceptors (Lipinski definition) is 1.